The second-order valence-electron chi connectivity index (χ2n) is 4.03. The minimum atomic E-state index is -4.23. The summed E-state index contributed by atoms with van der Waals surface area (Å²) in [5, 5.41) is 1.90. The van der Waals surface area contributed by atoms with Crippen molar-refractivity contribution in [1.82, 2.24) is 0 Å². The van der Waals surface area contributed by atoms with Crippen LogP contribution in [-0.4, -0.2) is 6.18 Å². The molecule has 0 aliphatic carbocycles. The Labute approximate surface area is 97.0 Å². The fraction of sp³-hybridized carbons (Fsp3) is 0.231. The van der Waals surface area contributed by atoms with Gasteiger partial charge in [-0.2, -0.15) is 13.2 Å². The Bertz CT molecular complexity index is 519. The van der Waals surface area contributed by atoms with Gasteiger partial charge in [-0.15, -0.1) is 0 Å². The topological polar surface area (TPSA) is 26.0 Å². The van der Waals surface area contributed by atoms with Crippen LogP contribution in [0.15, 0.2) is 42.5 Å². The van der Waals surface area contributed by atoms with Gasteiger partial charge in [0, 0.05) is 6.04 Å². The van der Waals surface area contributed by atoms with Crippen molar-refractivity contribution in [3.05, 3.63) is 48.0 Å². The predicted octanol–water partition coefficient (Wildman–Crippen LogP) is 3.79. The molecule has 2 rings (SSSR count). The first kappa shape index (κ1) is 11.9. The number of halogens is 3. The van der Waals surface area contributed by atoms with Gasteiger partial charge in [-0.25, -0.2) is 0 Å². The van der Waals surface area contributed by atoms with Crippen LogP contribution in [0.25, 0.3) is 10.8 Å². The summed E-state index contributed by atoms with van der Waals surface area (Å²) in [6, 6.07) is 11.7. The van der Waals surface area contributed by atoms with Gasteiger partial charge < -0.3 is 5.73 Å². The zero-order chi connectivity index (χ0) is 12.5. The Kier molecular flexibility index (Phi) is 3.07. The molecule has 17 heavy (non-hydrogen) atoms. The van der Waals surface area contributed by atoms with Crippen LogP contribution in [0.1, 0.15) is 18.0 Å². The van der Waals surface area contributed by atoms with Crippen LogP contribution in [-0.2, 0) is 0 Å². The van der Waals surface area contributed by atoms with E-state index in [2.05, 4.69) is 0 Å². The molecule has 0 amide bonds. The number of hydrogen-bond donors (Lipinski definition) is 1. The minimum Gasteiger partial charge on any atom is -0.324 e. The van der Waals surface area contributed by atoms with E-state index in [1.54, 1.807) is 18.2 Å². The average molecular weight is 239 g/mol. The normalized spacial score (nSPS) is 13.9. The van der Waals surface area contributed by atoms with Crippen molar-refractivity contribution in [1.29, 1.82) is 0 Å². The molecule has 1 atom stereocenters. The molecule has 90 valence electrons. The zero-order valence-corrected chi connectivity index (χ0v) is 9.04. The molecule has 1 nitrogen and oxygen atoms in total. The molecule has 0 saturated heterocycles. The first-order valence-electron chi connectivity index (χ1n) is 5.27. The standard InChI is InChI=1S/C13H12F3N/c14-13(15,16)8-12(17)11-6-5-9-3-1-2-4-10(9)7-11/h1-7,12H,8,17H2/t12-/m1/s1. The summed E-state index contributed by atoms with van der Waals surface area (Å²) < 4.78 is 36.7. The third kappa shape index (κ3) is 2.97. The van der Waals surface area contributed by atoms with Gasteiger partial charge >= 0.3 is 6.18 Å². The lowest BCUT2D eigenvalue weighted by molar-refractivity contribution is -0.138. The summed E-state index contributed by atoms with van der Waals surface area (Å²) >= 11 is 0. The minimum absolute atomic E-state index is 0.515. The molecule has 2 N–H and O–H groups in total. The lowest BCUT2D eigenvalue weighted by Gasteiger charge is -2.15. The van der Waals surface area contributed by atoms with Gasteiger partial charge in [-0.05, 0) is 22.4 Å². The number of benzene rings is 2. The molecule has 0 spiro atoms. The lowest BCUT2D eigenvalue weighted by Crippen LogP contribution is -2.20. The molecule has 0 aliphatic heterocycles. The van der Waals surface area contributed by atoms with E-state index in [1.165, 1.54) is 0 Å². The van der Waals surface area contributed by atoms with Gasteiger partial charge in [0.1, 0.15) is 0 Å². The summed E-state index contributed by atoms with van der Waals surface area (Å²) in [5.74, 6) is 0. The van der Waals surface area contributed by atoms with Gasteiger partial charge in [0.2, 0.25) is 0 Å². The van der Waals surface area contributed by atoms with Crippen molar-refractivity contribution in [3.8, 4) is 0 Å². The number of rotatable bonds is 2. The second kappa shape index (κ2) is 4.37. The highest BCUT2D eigenvalue weighted by atomic mass is 19.4. The second-order valence-corrected chi connectivity index (χ2v) is 4.03. The van der Waals surface area contributed by atoms with Crippen molar-refractivity contribution < 1.29 is 13.2 Å². The van der Waals surface area contributed by atoms with Crippen molar-refractivity contribution in [3.63, 3.8) is 0 Å². The molecule has 2 aromatic rings. The van der Waals surface area contributed by atoms with E-state index >= 15 is 0 Å². The Balaban J connectivity index is 2.30. The molecule has 0 bridgehead atoms. The van der Waals surface area contributed by atoms with Crippen LogP contribution in [0.2, 0.25) is 0 Å². The largest absolute Gasteiger partial charge is 0.390 e. The van der Waals surface area contributed by atoms with E-state index < -0.39 is 18.6 Å². The van der Waals surface area contributed by atoms with Crippen LogP contribution in [0.3, 0.4) is 0 Å². The van der Waals surface area contributed by atoms with Crippen LogP contribution in [0.5, 0.6) is 0 Å². The van der Waals surface area contributed by atoms with Gasteiger partial charge in [-0.3, -0.25) is 0 Å². The third-order valence-corrected chi connectivity index (χ3v) is 2.65. The van der Waals surface area contributed by atoms with Gasteiger partial charge in [0.05, 0.1) is 6.42 Å². The Morgan fingerprint density at radius 1 is 1.00 bits per heavy atom. The monoisotopic (exact) mass is 239 g/mol. The molecule has 2 aromatic carbocycles. The summed E-state index contributed by atoms with van der Waals surface area (Å²) in [5.41, 5.74) is 6.07. The molecule has 0 heterocycles. The maximum atomic E-state index is 12.2. The van der Waals surface area contributed by atoms with E-state index in [-0.39, 0.29) is 0 Å². The SMILES string of the molecule is N[C@H](CC(F)(F)F)c1ccc2ccccc2c1. The van der Waals surface area contributed by atoms with E-state index in [0.29, 0.717) is 5.56 Å². The first-order valence-corrected chi connectivity index (χ1v) is 5.27. The summed E-state index contributed by atoms with van der Waals surface area (Å²) in [6.07, 6.45) is -5.23. The Morgan fingerprint density at radius 2 is 1.65 bits per heavy atom. The van der Waals surface area contributed by atoms with Gasteiger partial charge in [-0.1, -0.05) is 36.4 Å². The molecule has 0 fully saturated rings. The van der Waals surface area contributed by atoms with Crippen molar-refractivity contribution in [2.45, 2.75) is 18.6 Å². The van der Waals surface area contributed by atoms with Crippen LogP contribution in [0, 0.1) is 0 Å². The molecule has 4 heteroatoms. The molecular weight excluding hydrogens is 227 g/mol. The number of nitrogens with two attached hydrogens (primary N) is 1. The maximum absolute atomic E-state index is 12.2. The maximum Gasteiger partial charge on any atom is 0.390 e. The Hall–Kier alpha value is -1.55. The highest BCUT2D eigenvalue weighted by Gasteiger charge is 2.30. The van der Waals surface area contributed by atoms with Crippen molar-refractivity contribution >= 4 is 10.8 Å². The molecule has 0 aliphatic rings. The highest BCUT2D eigenvalue weighted by Crippen LogP contribution is 2.29. The van der Waals surface area contributed by atoms with Crippen molar-refractivity contribution in [2.24, 2.45) is 5.73 Å². The number of fused-ring (bicyclic) bond motifs is 1. The molecule has 0 aromatic heterocycles. The first-order chi connectivity index (χ1) is 7.96. The summed E-state index contributed by atoms with van der Waals surface area (Å²) in [4.78, 5) is 0. The molecule has 0 saturated carbocycles. The van der Waals surface area contributed by atoms with E-state index in [9.17, 15) is 13.2 Å². The fourth-order valence-electron chi connectivity index (χ4n) is 1.81. The van der Waals surface area contributed by atoms with Crippen LogP contribution in [0.4, 0.5) is 13.2 Å². The third-order valence-electron chi connectivity index (χ3n) is 2.65. The quantitative estimate of drug-likeness (QED) is 0.847. The summed E-state index contributed by atoms with van der Waals surface area (Å²) in [7, 11) is 0. The lowest BCUT2D eigenvalue weighted by atomic mass is 10.0. The zero-order valence-electron chi connectivity index (χ0n) is 9.04. The molecular formula is C13H12F3N. The van der Waals surface area contributed by atoms with E-state index in [0.717, 1.165) is 10.8 Å². The summed E-state index contributed by atoms with van der Waals surface area (Å²) in [6.45, 7) is 0. The van der Waals surface area contributed by atoms with Crippen LogP contribution < -0.4 is 5.73 Å². The Morgan fingerprint density at radius 3 is 2.29 bits per heavy atom. The molecule has 0 radical (unpaired) electrons. The number of alkyl halides is 3. The van der Waals surface area contributed by atoms with E-state index in [4.69, 9.17) is 5.73 Å². The highest BCUT2D eigenvalue weighted by molar-refractivity contribution is 5.83. The smallest absolute Gasteiger partial charge is 0.324 e. The van der Waals surface area contributed by atoms with Crippen molar-refractivity contribution in [2.75, 3.05) is 0 Å². The fourth-order valence-corrected chi connectivity index (χ4v) is 1.81. The van der Waals surface area contributed by atoms with E-state index in [1.807, 2.05) is 24.3 Å². The van der Waals surface area contributed by atoms with Gasteiger partial charge in [0.25, 0.3) is 0 Å². The van der Waals surface area contributed by atoms with Crippen LogP contribution >= 0.6 is 0 Å². The average Bonchev–Trinajstić information content (AvgIpc) is 2.26. The number of hydrogen-bond acceptors (Lipinski definition) is 1. The molecule has 0 unspecified atom stereocenters. The predicted molar refractivity (Wildman–Crippen MR) is 61.5 cm³/mol. The van der Waals surface area contributed by atoms with Gasteiger partial charge in [0.15, 0.2) is 0 Å².